The molecule has 3 rings (SSSR count). The number of carbonyl (C=O) groups excluding carboxylic acids is 2. The standard InChI is InChI=1S/C21H28N6O8S/c1-11-7-26(20(33)25-19(11)36)9-16(31)23-5-4-22-15(30)3-2-12-8-27(21(34)24-18(12)32)17-6-13(29)14(10-28)35-17/h7-8,13-14,17,28-29H,2-6,9-10H2,1H3,(H,22,30)(H,23,31)(H,24,32,34)(H,25,33,36)/t13-,14+,17+/m0/s1. The molecule has 3 heterocycles. The molecule has 15 heteroatoms. The minimum atomic E-state index is -0.954. The topological polar surface area (TPSA) is 201 Å². The first kappa shape index (κ1) is 27.2. The minimum absolute atomic E-state index is 0.0319. The van der Waals surface area contributed by atoms with E-state index in [1.807, 2.05) is 0 Å². The molecule has 2 aromatic heterocycles. The molecule has 0 aromatic carbocycles. The summed E-state index contributed by atoms with van der Waals surface area (Å²) in [4.78, 5) is 65.0. The highest BCUT2D eigenvalue weighted by molar-refractivity contribution is 7.71. The molecule has 3 atom stereocenters. The summed E-state index contributed by atoms with van der Waals surface area (Å²) in [6, 6.07) is 0. The van der Waals surface area contributed by atoms with Gasteiger partial charge in [-0.25, -0.2) is 9.59 Å². The van der Waals surface area contributed by atoms with Gasteiger partial charge < -0.3 is 25.6 Å². The lowest BCUT2D eigenvalue weighted by molar-refractivity contribution is -0.123. The third-order valence-corrected chi connectivity index (χ3v) is 6.05. The van der Waals surface area contributed by atoms with Crippen LogP contribution in [-0.4, -0.2) is 73.0 Å². The van der Waals surface area contributed by atoms with E-state index in [2.05, 4.69) is 20.6 Å². The second kappa shape index (κ2) is 12.0. The van der Waals surface area contributed by atoms with E-state index >= 15 is 0 Å². The summed E-state index contributed by atoms with van der Waals surface area (Å²) in [6.45, 7) is 1.34. The largest absolute Gasteiger partial charge is 0.394 e. The smallest absolute Gasteiger partial charge is 0.330 e. The van der Waals surface area contributed by atoms with Gasteiger partial charge in [-0.2, -0.15) is 0 Å². The number of aromatic amines is 2. The van der Waals surface area contributed by atoms with Crippen molar-refractivity contribution >= 4 is 24.0 Å². The number of aliphatic hydroxyl groups excluding tert-OH is 2. The number of aromatic nitrogens is 4. The Bertz CT molecular complexity index is 1350. The van der Waals surface area contributed by atoms with E-state index in [4.69, 9.17) is 17.0 Å². The lowest BCUT2D eigenvalue weighted by Crippen LogP contribution is -2.38. The fraction of sp³-hybridized carbons (Fsp3) is 0.524. The molecule has 2 aromatic rings. The number of hydrogen-bond donors (Lipinski definition) is 6. The summed E-state index contributed by atoms with van der Waals surface area (Å²) in [5.41, 5.74) is -1.04. The second-order valence-electron chi connectivity index (χ2n) is 8.33. The Morgan fingerprint density at radius 2 is 1.83 bits per heavy atom. The third-order valence-electron chi connectivity index (χ3n) is 5.63. The summed E-state index contributed by atoms with van der Waals surface area (Å²) in [5.74, 6) is -0.801. The van der Waals surface area contributed by atoms with Gasteiger partial charge in [-0.15, -0.1) is 0 Å². The van der Waals surface area contributed by atoms with Gasteiger partial charge in [0.25, 0.3) is 5.56 Å². The Balaban J connectivity index is 1.46. The first-order valence-corrected chi connectivity index (χ1v) is 11.6. The van der Waals surface area contributed by atoms with Crippen LogP contribution in [0.3, 0.4) is 0 Å². The highest BCUT2D eigenvalue weighted by Gasteiger charge is 2.35. The van der Waals surface area contributed by atoms with E-state index in [1.54, 1.807) is 6.92 Å². The summed E-state index contributed by atoms with van der Waals surface area (Å²) < 4.78 is 8.07. The van der Waals surface area contributed by atoms with Crippen LogP contribution in [0.25, 0.3) is 0 Å². The monoisotopic (exact) mass is 524 g/mol. The molecule has 196 valence electrons. The van der Waals surface area contributed by atoms with Crippen LogP contribution >= 0.6 is 12.2 Å². The van der Waals surface area contributed by atoms with E-state index < -0.39 is 47.9 Å². The van der Waals surface area contributed by atoms with Crippen LogP contribution in [0.4, 0.5) is 0 Å². The van der Waals surface area contributed by atoms with Crippen molar-refractivity contribution in [3.8, 4) is 0 Å². The van der Waals surface area contributed by atoms with Gasteiger partial charge in [0.15, 0.2) is 0 Å². The van der Waals surface area contributed by atoms with Crippen molar-refractivity contribution in [3.05, 3.63) is 59.5 Å². The van der Waals surface area contributed by atoms with Crippen molar-refractivity contribution in [2.45, 2.75) is 51.2 Å². The molecular weight excluding hydrogens is 496 g/mol. The molecule has 1 fully saturated rings. The van der Waals surface area contributed by atoms with Crippen molar-refractivity contribution in [3.63, 3.8) is 0 Å². The Kier molecular flexibility index (Phi) is 9.08. The zero-order chi connectivity index (χ0) is 26.4. The van der Waals surface area contributed by atoms with Gasteiger partial charge in [0, 0.05) is 49.5 Å². The number of rotatable bonds is 10. The lowest BCUT2D eigenvalue weighted by atomic mass is 10.1. The Morgan fingerprint density at radius 3 is 2.50 bits per heavy atom. The van der Waals surface area contributed by atoms with Crippen LogP contribution in [0.5, 0.6) is 0 Å². The minimum Gasteiger partial charge on any atom is -0.394 e. The van der Waals surface area contributed by atoms with Gasteiger partial charge in [-0.05, 0) is 13.3 Å². The molecule has 1 aliphatic rings. The molecule has 0 spiro atoms. The zero-order valence-electron chi connectivity index (χ0n) is 19.5. The van der Waals surface area contributed by atoms with Gasteiger partial charge in [0.1, 0.15) is 23.5 Å². The zero-order valence-corrected chi connectivity index (χ0v) is 20.3. The molecule has 1 saturated heterocycles. The Labute approximate surface area is 208 Å². The van der Waals surface area contributed by atoms with E-state index in [1.165, 1.54) is 17.0 Å². The summed E-state index contributed by atoms with van der Waals surface area (Å²) in [6.07, 6.45) is 0.164. The van der Waals surface area contributed by atoms with Crippen LogP contribution in [0.15, 0.2) is 26.8 Å². The van der Waals surface area contributed by atoms with Crippen molar-refractivity contribution < 1.29 is 24.5 Å². The number of amides is 2. The molecule has 14 nitrogen and oxygen atoms in total. The predicted octanol–water partition coefficient (Wildman–Crippen LogP) is -2.43. The fourth-order valence-corrected chi connectivity index (χ4v) is 3.80. The SMILES string of the molecule is Cc1cn(CC(=O)NCCNC(=O)CCc2cn([C@H]3C[C@H](O)[C@@H](CO)O3)c(=O)[nH]c2=O)c(=O)[nH]c1=S. The predicted molar refractivity (Wildman–Crippen MR) is 128 cm³/mol. The van der Waals surface area contributed by atoms with Gasteiger partial charge in [0.2, 0.25) is 11.8 Å². The first-order valence-electron chi connectivity index (χ1n) is 11.2. The van der Waals surface area contributed by atoms with Crippen molar-refractivity contribution in [2.24, 2.45) is 0 Å². The van der Waals surface area contributed by atoms with Gasteiger partial charge >= 0.3 is 11.4 Å². The highest BCUT2D eigenvalue weighted by atomic mass is 32.1. The quantitative estimate of drug-likeness (QED) is 0.144. The number of aliphatic hydroxyl groups is 2. The van der Waals surface area contributed by atoms with Crippen molar-refractivity contribution in [1.82, 2.24) is 29.7 Å². The molecule has 1 aliphatic heterocycles. The molecule has 6 N–H and O–H groups in total. The van der Waals surface area contributed by atoms with Crippen LogP contribution < -0.4 is 27.6 Å². The molecule has 0 unspecified atom stereocenters. The number of ether oxygens (including phenoxy) is 1. The molecule has 0 bridgehead atoms. The van der Waals surface area contributed by atoms with Gasteiger partial charge in [-0.1, -0.05) is 12.2 Å². The van der Waals surface area contributed by atoms with Crippen LogP contribution in [0.1, 0.15) is 30.2 Å². The summed E-state index contributed by atoms with van der Waals surface area (Å²) in [7, 11) is 0. The number of carbonyl (C=O) groups is 2. The third kappa shape index (κ3) is 6.84. The van der Waals surface area contributed by atoms with E-state index in [9.17, 15) is 34.2 Å². The van der Waals surface area contributed by atoms with Crippen molar-refractivity contribution in [2.75, 3.05) is 19.7 Å². The van der Waals surface area contributed by atoms with Crippen LogP contribution in [0.2, 0.25) is 0 Å². The molecule has 2 amide bonds. The van der Waals surface area contributed by atoms with Gasteiger partial charge in [-0.3, -0.25) is 33.5 Å². The van der Waals surface area contributed by atoms with E-state index in [0.717, 1.165) is 4.57 Å². The maximum atomic E-state index is 12.2. The fourth-order valence-electron chi connectivity index (χ4n) is 3.66. The number of nitrogens with zero attached hydrogens (tertiary/aromatic N) is 2. The van der Waals surface area contributed by atoms with E-state index in [-0.39, 0.29) is 50.4 Å². The normalized spacial score (nSPS) is 19.2. The average Bonchev–Trinajstić information content (AvgIpc) is 3.20. The summed E-state index contributed by atoms with van der Waals surface area (Å²) in [5, 5.41) is 24.3. The lowest BCUT2D eigenvalue weighted by Gasteiger charge is -2.15. The Morgan fingerprint density at radius 1 is 1.14 bits per heavy atom. The Hall–Kier alpha value is -3.40. The molecular formula is C21H28N6O8S. The molecule has 36 heavy (non-hydrogen) atoms. The number of H-pyrrole nitrogens is 2. The summed E-state index contributed by atoms with van der Waals surface area (Å²) >= 11 is 4.97. The van der Waals surface area contributed by atoms with Crippen molar-refractivity contribution in [1.29, 1.82) is 0 Å². The number of aryl methyl sites for hydroxylation is 2. The maximum absolute atomic E-state index is 12.2. The number of hydrogen-bond acceptors (Lipinski definition) is 9. The molecule has 0 saturated carbocycles. The van der Waals surface area contributed by atoms with Crippen LogP contribution in [-0.2, 0) is 27.3 Å². The first-order chi connectivity index (χ1) is 17.1. The van der Waals surface area contributed by atoms with Crippen LogP contribution in [0, 0.1) is 11.6 Å². The maximum Gasteiger partial charge on any atom is 0.330 e. The highest BCUT2D eigenvalue weighted by Crippen LogP contribution is 2.27. The molecule has 0 radical (unpaired) electrons. The second-order valence-corrected chi connectivity index (χ2v) is 8.74. The average molecular weight is 525 g/mol. The van der Waals surface area contributed by atoms with Gasteiger partial charge in [0.05, 0.1) is 12.7 Å². The molecule has 0 aliphatic carbocycles. The van der Waals surface area contributed by atoms with E-state index in [0.29, 0.717) is 10.2 Å². The number of nitrogens with one attached hydrogen (secondary N) is 4.